The molecular formula is C60H53N4OPtS-3. The fourth-order valence-corrected chi connectivity index (χ4v) is 10.5. The molecule has 0 N–H and O–H groups in total. The van der Waals surface area contributed by atoms with Gasteiger partial charge in [0.05, 0.1) is 0 Å². The van der Waals surface area contributed by atoms with E-state index in [0.29, 0.717) is 11.5 Å². The van der Waals surface area contributed by atoms with Gasteiger partial charge in [-0.3, -0.25) is 0 Å². The van der Waals surface area contributed by atoms with Gasteiger partial charge in [0.2, 0.25) is 0 Å². The van der Waals surface area contributed by atoms with Crippen molar-refractivity contribution in [3.8, 4) is 39.6 Å². The molecule has 7 heteroatoms. The molecule has 338 valence electrons. The summed E-state index contributed by atoms with van der Waals surface area (Å²) < 4.78 is 11.4. The standard InChI is InChI=1S/C60H53N4OS.Pt/c1-58(2,3)40-28-29-61-54(33-40)64-50-26-17-27-52-55(50)56-51(64)35-45(36-53(56)66-52)65-44-21-15-20-43(34-44)62-37-63(49-25-14-13-24-48(49)62)57-46(38-18-11-10-12-19-38)22-16-23-47(57)39-30-41(59(4,5)6)32-42(31-39)60(7,8)9;/h10-33,36-37H,1-9H3;/q-3;. The van der Waals surface area contributed by atoms with Gasteiger partial charge in [-0.05, 0) is 85.8 Å². The Kier molecular flexibility index (Phi) is 11.0. The number of para-hydroxylation sites is 3. The Morgan fingerprint density at radius 1 is 0.537 bits per heavy atom. The van der Waals surface area contributed by atoms with Crippen LogP contribution in [0.5, 0.6) is 11.5 Å². The minimum absolute atomic E-state index is 0. The second kappa shape index (κ2) is 16.5. The molecule has 5 nitrogen and oxygen atoms in total. The molecule has 0 atom stereocenters. The Morgan fingerprint density at radius 2 is 1.18 bits per heavy atom. The minimum atomic E-state index is -0.0314. The van der Waals surface area contributed by atoms with Crippen molar-refractivity contribution < 1.29 is 25.8 Å². The van der Waals surface area contributed by atoms with Gasteiger partial charge in [0.25, 0.3) is 0 Å². The fourth-order valence-electron chi connectivity index (χ4n) is 9.37. The molecule has 0 saturated carbocycles. The molecule has 3 aromatic heterocycles. The average molecular weight is 1070 g/mol. The number of rotatable bonds is 7. The van der Waals surface area contributed by atoms with E-state index in [1.165, 1.54) is 43.3 Å². The Balaban J connectivity index is 0.00000525. The van der Waals surface area contributed by atoms with Crippen molar-refractivity contribution in [2.45, 2.75) is 78.6 Å². The van der Waals surface area contributed by atoms with E-state index in [1.807, 2.05) is 18.3 Å². The summed E-state index contributed by atoms with van der Waals surface area (Å²) in [5, 5.41) is 2.44. The van der Waals surface area contributed by atoms with Gasteiger partial charge in [0.15, 0.2) is 0 Å². The molecule has 10 aromatic rings. The van der Waals surface area contributed by atoms with Crippen LogP contribution in [0.1, 0.15) is 79.0 Å². The maximum atomic E-state index is 6.80. The van der Waals surface area contributed by atoms with Crippen LogP contribution >= 0.6 is 11.3 Å². The molecule has 0 bridgehead atoms. The summed E-state index contributed by atoms with van der Waals surface area (Å²) >= 11 is 1.79. The molecule has 0 saturated heterocycles. The first kappa shape index (κ1) is 44.6. The van der Waals surface area contributed by atoms with Crippen molar-refractivity contribution in [1.82, 2.24) is 9.55 Å². The van der Waals surface area contributed by atoms with Crippen LogP contribution in [0.25, 0.3) is 59.3 Å². The monoisotopic (exact) mass is 1070 g/mol. The number of thiophene rings is 1. The molecule has 1 aliphatic rings. The van der Waals surface area contributed by atoms with E-state index >= 15 is 0 Å². The first-order valence-corrected chi connectivity index (χ1v) is 23.7. The third-order valence-electron chi connectivity index (χ3n) is 13.0. The SMILES string of the molecule is CC(C)(C)c1cc(-c2cccc(-c3ccccc3)c2N2[CH-]N(c3[c-]c(Oc4[c-]c5c6c(c4)sc4cccc(c46)n5-c4cc(C(C)(C)C)ccn4)ccc3)c3ccccc32)cc(C(C)(C)C)c1.[Pt]. The normalized spacial score (nSPS) is 13.2. The molecule has 0 unspecified atom stereocenters. The van der Waals surface area contributed by atoms with E-state index in [1.54, 1.807) is 11.3 Å². The fraction of sp³-hybridized carbons (Fsp3) is 0.200. The molecule has 0 spiro atoms. The van der Waals surface area contributed by atoms with Gasteiger partial charge < -0.3 is 19.1 Å². The van der Waals surface area contributed by atoms with Gasteiger partial charge in [-0.2, -0.15) is 17.4 Å². The largest absolute Gasteiger partial charge is 0.509 e. The zero-order valence-corrected chi connectivity index (χ0v) is 42.5. The Hall–Kier alpha value is -6.20. The Morgan fingerprint density at radius 3 is 1.88 bits per heavy atom. The zero-order chi connectivity index (χ0) is 45.7. The van der Waals surface area contributed by atoms with E-state index in [-0.39, 0.29) is 37.3 Å². The molecule has 7 aromatic carbocycles. The van der Waals surface area contributed by atoms with Crippen molar-refractivity contribution in [3.05, 3.63) is 187 Å². The smallest absolute Gasteiger partial charge is 0.135 e. The summed E-state index contributed by atoms with van der Waals surface area (Å²) in [7, 11) is 0. The van der Waals surface area contributed by atoms with Crippen LogP contribution in [0.4, 0.5) is 22.7 Å². The zero-order valence-electron chi connectivity index (χ0n) is 39.4. The Bertz CT molecular complexity index is 3420. The van der Waals surface area contributed by atoms with Crippen LogP contribution in [-0.2, 0) is 37.3 Å². The van der Waals surface area contributed by atoms with E-state index in [9.17, 15) is 0 Å². The predicted molar refractivity (Wildman–Crippen MR) is 278 cm³/mol. The Labute approximate surface area is 413 Å². The van der Waals surface area contributed by atoms with Crippen molar-refractivity contribution in [3.63, 3.8) is 0 Å². The van der Waals surface area contributed by atoms with Crippen molar-refractivity contribution in [1.29, 1.82) is 0 Å². The number of hydrogen-bond acceptors (Lipinski definition) is 5. The number of benzene rings is 7. The van der Waals surface area contributed by atoms with Gasteiger partial charge in [-0.1, -0.05) is 163 Å². The van der Waals surface area contributed by atoms with Gasteiger partial charge >= 0.3 is 0 Å². The van der Waals surface area contributed by atoms with Gasteiger partial charge in [-0.15, -0.1) is 42.7 Å². The number of ether oxygens (including phenoxy) is 1. The van der Waals surface area contributed by atoms with Gasteiger partial charge in [0.1, 0.15) is 5.82 Å². The molecule has 0 aliphatic carbocycles. The van der Waals surface area contributed by atoms with Crippen molar-refractivity contribution in [2.75, 3.05) is 9.80 Å². The molecule has 11 rings (SSSR count). The van der Waals surface area contributed by atoms with E-state index < -0.39 is 0 Å². The first-order chi connectivity index (χ1) is 31.6. The quantitative estimate of drug-likeness (QED) is 0.149. The molecular weight excluding hydrogens is 1020 g/mol. The van der Waals surface area contributed by atoms with Crippen LogP contribution < -0.4 is 14.5 Å². The molecule has 0 amide bonds. The summed E-state index contributed by atoms with van der Waals surface area (Å²) in [6.45, 7) is 22.8. The van der Waals surface area contributed by atoms with Crippen LogP contribution in [0.15, 0.2) is 152 Å². The molecule has 67 heavy (non-hydrogen) atoms. The number of anilines is 4. The molecule has 0 fully saturated rings. The maximum absolute atomic E-state index is 6.80. The maximum Gasteiger partial charge on any atom is 0.135 e. The van der Waals surface area contributed by atoms with Crippen molar-refractivity contribution in [2.24, 2.45) is 0 Å². The number of aromatic nitrogens is 2. The summed E-state index contributed by atoms with van der Waals surface area (Å²) in [6, 6.07) is 59.8. The van der Waals surface area contributed by atoms with Crippen molar-refractivity contribution >= 4 is 65.3 Å². The van der Waals surface area contributed by atoms with Crippen LogP contribution in [-0.4, -0.2) is 9.55 Å². The summed E-state index contributed by atoms with van der Waals surface area (Å²) in [5.41, 5.74) is 14.7. The number of hydrogen-bond donors (Lipinski definition) is 0. The van der Waals surface area contributed by atoms with Gasteiger partial charge in [0, 0.05) is 77.2 Å². The summed E-state index contributed by atoms with van der Waals surface area (Å²) in [6.07, 6.45) is 1.92. The summed E-state index contributed by atoms with van der Waals surface area (Å²) in [4.78, 5) is 9.51. The third-order valence-corrected chi connectivity index (χ3v) is 14.1. The van der Waals surface area contributed by atoms with E-state index in [4.69, 9.17) is 9.72 Å². The third kappa shape index (κ3) is 7.92. The average Bonchev–Trinajstić information content (AvgIpc) is 3.98. The second-order valence-corrected chi connectivity index (χ2v) is 21.8. The van der Waals surface area contributed by atoms with Gasteiger partial charge in [-0.25, -0.2) is 4.98 Å². The first-order valence-electron chi connectivity index (χ1n) is 22.9. The van der Waals surface area contributed by atoms with Crippen LogP contribution in [0.3, 0.4) is 0 Å². The predicted octanol–water partition coefficient (Wildman–Crippen LogP) is 16.9. The number of fused-ring (bicyclic) bond motifs is 1. The molecule has 0 radical (unpaired) electrons. The molecule has 4 heterocycles. The molecule has 1 aliphatic heterocycles. The number of pyridine rings is 1. The van der Waals surface area contributed by atoms with Crippen LogP contribution in [0.2, 0.25) is 0 Å². The minimum Gasteiger partial charge on any atom is -0.509 e. The van der Waals surface area contributed by atoms with E-state index in [0.717, 1.165) is 55.4 Å². The van der Waals surface area contributed by atoms with Crippen LogP contribution in [0, 0.1) is 18.8 Å². The second-order valence-electron chi connectivity index (χ2n) is 20.7. The van der Waals surface area contributed by atoms with E-state index in [2.05, 4.69) is 229 Å². The topological polar surface area (TPSA) is 33.5 Å². The summed E-state index contributed by atoms with van der Waals surface area (Å²) in [5.74, 6) is 2.12. The number of nitrogens with zero attached hydrogens (tertiary/aromatic N) is 4.